The molecule has 6 heteroatoms. The number of benzene rings is 3. The third-order valence-corrected chi connectivity index (χ3v) is 7.57. The van der Waals surface area contributed by atoms with Gasteiger partial charge in [0.05, 0.1) is 22.1 Å². The Hall–Kier alpha value is -3.90. The average molecular weight is 480 g/mol. The van der Waals surface area contributed by atoms with Crippen LogP contribution in [0.5, 0.6) is 5.75 Å². The molecule has 0 spiro atoms. The maximum atomic E-state index is 13.3. The van der Waals surface area contributed by atoms with Gasteiger partial charge >= 0.3 is 0 Å². The Morgan fingerprint density at radius 1 is 0.971 bits per heavy atom. The van der Waals surface area contributed by atoms with Crippen molar-refractivity contribution in [2.45, 2.75) is 27.3 Å². The third kappa shape index (κ3) is 3.61. The Kier molecular flexibility index (Phi) is 5.19. The van der Waals surface area contributed by atoms with E-state index in [1.54, 1.807) is 4.40 Å². The summed E-state index contributed by atoms with van der Waals surface area (Å²) in [6.07, 6.45) is 2.02. The fraction of sp³-hybridized carbons (Fsp3) is 0.172. The number of nitrogens with zero attached hydrogens (tertiary/aromatic N) is 3. The number of para-hydroxylation sites is 3. The van der Waals surface area contributed by atoms with E-state index in [1.807, 2.05) is 42.5 Å². The van der Waals surface area contributed by atoms with Crippen LogP contribution in [0.1, 0.15) is 22.4 Å². The summed E-state index contributed by atoms with van der Waals surface area (Å²) in [5, 5.41) is 1.13. The van der Waals surface area contributed by atoms with Crippen LogP contribution in [0.4, 0.5) is 0 Å². The average Bonchev–Trinajstić information content (AvgIpc) is 3.45. The van der Waals surface area contributed by atoms with E-state index < -0.39 is 0 Å². The number of hydrogen-bond donors (Lipinski definition) is 0. The molecular formula is C29H25N3O2S. The minimum atomic E-state index is -0.0203. The van der Waals surface area contributed by atoms with Crippen molar-refractivity contribution in [3.63, 3.8) is 0 Å². The molecule has 0 atom stereocenters. The molecule has 3 heterocycles. The van der Waals surface area contributed by atoms with Gasteiger partial charge < -0.3 is 9.30 Å². The second-order valence-corrected chi connectivity index (χ2v) is 9.93. The highest BCUT2D eigenvalue weighted by Gasteiger charge is 2.15. The van der Waals surface area contributed by atoms with Crippen molar-refractivity contribution in [3.8, 4) is 5.75 Å². The number of fused-ring (bicyclic) bond motifs is 4. The molecule has 3 aromatic carbocycles. The predicted octanol–water partition coefficient (Wildman–Crippen LogP) is 5.42. The van der Waals surface area contributed by atoms with Crippen LogP contribution in [0, 0.1) is 20.8 Å². The Balaban J connectivity index is 1.40. The van der Waals surface area contributed by atoms with Crippen molar-refractivity contribution in [2.24, 2.45) is 0 Å². The van der Waals surface area contributed by atoms with E-state index in [2.05, 4.69) is 60.7 Å². The molecule has 0 N–H and O–H groups in total. The normalized spacial score (nSPS) is 12.4. The maximum Gasteiger partial charge on any atom is 0.274 e. The maximum absolute atomic E-state index is 13.3. The molecule has 0 aliphatic heterocycles. The first-order chi connectivity index (χ1) is 17.0. The highest BCUT2D eigenvalue weighted by Crippen LogP contribution is 2.27. The molecule has 35 heavy (non-hydrogen) atoms. The summed E-state index contributed by atoms with van der Waals surface area (Å²) >= 11 is 1.44. The van der Waals surface area contributed by atoms with Crippen molar-refractivity contribution in [1.29, 1.82) is 0 Å². The van der Waals surface area contributed by atoms with Gasteiger partial charge in [-0.05, 0) is 56.7 Å². The molecule has 5 nitrogen and oxygen atoms in total. The molecule has 0 aliphatic carbocycles. The van der Waals surface area contributed by atoms with Crippen molar-refractivity contribution < 1.29 is 4.74 Å². The SMILES string of the molecule is Cc1ccc(OCCn2c(C)c(/C=c3\sc4nc5ccccc5n4c3=O)c3ccccc32)c(C)c1. The van der Waals surface area contributed by atoms with Gasteiger partial charge in [-0.2, -0.15) is 0 Å². The summed E-state index contributed by atoms with van der Waals surface area (Å²) < 4.78 is 10.8. The summed E-state index contributed by atoms with van der Waals surface area (Å²) in [4.78, 5) is 18.7. The molecule has 0 fully saturated rings. The Morgan fingerprint density at radius 3 is 2.57 bits per heavy atom. The number of aromatic nitrogens is 3. The van der Waals surface area contributed by atoms with Gasteiger partial charge in [0.1, 0.15) is 12.4 Å². The van der Waals surface area contributed by atoms with Gasteiger partial charge in [-0.15, -0.1) is 0 Å². The van der Waals surface area contributed by atoms with Gasteiger partial charge in [0, 0.05) is 22.2 Å². The number of hydrogen-bond acceptors (Lipinski definition) is 4. The van der Waals surface area contributed by atoms with E-state index in [9.17, 15) is 4.79 Å². The lowest BCUT2D eigenvalue weighted by molar-refractivity contribution is 0.297. The van der Waals surface area contributed by atoms with Crippen LogP contribution in [-0.4, -0.2) is 20.6 Å². The monoisotopic (exact) mass is 479 g/mol. The zero-order chi connectivity index (χ0) is 24.1. The summed E-state index contributed by atoms with van der Waals surface area (Å²) in [6.45, 7) is 7.56. The van der Waals surface area contributed by atoms with E-state index in [0.717, 1.165) is 56.0 Å². The molecule has 0 saturated carbocycles. The molecule has 0 amide bonds. The first-order valence-electron chi connectivity index (χ1n) is 11.7. The van der Waals surface area contributed by atoms with Gasteiger partial charge in [-0.1, -0.05) is 59.4 Å². The molecule has 0 radical (unpaired) electrons. The number of imidazole rings is 1. The van der Waals surface area contributed by atoms with Crippen LogP contribution in [0.2, 0.25) is 0 Å². The van der Waals surface area contributed by atoms with Crippen molar-refractivity contribution in [2.75, 3.05) is 6.61 Å². The highest BCUT2D eigenvalue weighted by molar-refractivity contribution is 7.15. The number of thiazole rings is 1. The number of ether oxygens (including phenoxy) is 1. The Labute approximate surface area is 206 Å². The van der Waals surface area contributed by atoms with Crippen LogP contribution in [-0.2, 0) is 6.54 Å². The third-order valence-electron chi connectivity index (χ3n) is 6.60. The summed E-state index contributed by atoms with van der Waals surface area (Å²) in [5.74, 6) is 0.918. The van der Waals surface area contributed by atoms with Crippen LogP contribution >= 0.6 is 11.3 Å². The van der Waals surface area contributed by atoms with E-state index in [1.165, 1.54) is 16.9 Å². The van der Waals surface area contributed by atoms with Crippen molar-refractivity contribution >= 4 is 44.3 Å². The smallest absolute Gasteiger partial charge is 0.274 e. The molecule has 0 saturated heterocycles. The second kappa shape index (κ2) is 8.40. The first kappa shape index (κ1) is 21.6. The quantitative estimate of drug-likeness (QED) is 0.332. The van der Waals surface area contributed by atoms with E-state index in [4.69, 9.17) is 4.74 Å². The minimum Gasteiger partial charge on any atom is -0.491 e. The van der Waals surface area contributed by atoms with Gasteiger partial charge in [0.15, 0.2) is 4.96 Å². The fourth-order valence-corrected chi connectivity index (χ4v) is 5.85. The molecule has 6 rings (SSSR count). The van der Waals surface area contributed by atoms with E-state index in [0.29, 0.717) is 11.1 Å². The van der Waals surface area contributed by atoms with Crippen LogP contribution < -0.4 is 14.8 Å². The fourth-order valence-electron chi connectivity index (χ4n) is 4.88. The molecule has 0 unspecified atom stereocenters. The highest BCUT2D eigenvalue weighted by atomic mass is 32.1. The standard InChI is InChI=1S/C29H25N3O2S/c1-18-12-13-26(19(2)16-18)34-15-14-31-20(3)22(21-8-4-6-10-24(21)31)17-27-28(33)32-25-11-7-5-9-23(25)30-29(32)35-27/h4-13,16-17H,14-15H2,1-3H3/b27-17-. The van der Waals surface area contributed by atoms with Gasteiger partial charge in [0.25, 0.3) is 5.56 Å². The van der Waals surface area contributed by atoms with Crippen LogP contribution in [0.25, 0.3) is 33.0 Å². The molecule has 3 aromatic heterocycles. The van der Waals surface area contributed by atoms with Crippen molar-refractivity contribution in [3.05, 3.63) is 104 Å². The first-order valence-corrected chi connectivity index (χ1v) is 12.5. The lowest BCUT2D eigenvalue weighted by Crippen LogP contribution is -2.22. The topological polar surface area (TPSA) is 48.5 Å². The zero-order valence-corrected chi connectivity index (χ0v) is 20.7. The summed E-state index contributed by atoms with van der Waals surface area (Å²) in [7, 11) is 0. The second-order valence-electron chi connectivity index (χ2n) is 8.92. The zero-order valence-electron chi connectivity index (χ0n) is 19.9. The van der Waals surface area contributed by atoms with Gasteiger partial charge in [-0.3, -0.25) is 4.79 Å². The Bertz CT molecular complexity index is 1840. The van der Waals surface area contributed by atoms with Crippen LogP contribution in [0.3, 0.4) is 0 Å². The number of aryl methyl sites for hydroxylation is 2. The minimum absolute atomic E-state index is 0.0203. The van der Waals surface area contributed by atoms with Gasteiger partial charge in [0.2, 0.25) is 0 Å². The van der Waals surface area contributed by atoms with Gasteiger partial charge in [-0.25, -0.2) is 9.38 Å². The van der Waals surface area contributed by atoms with E-state index in [-0.39, 0.29) is 5.56 Å². The number of rotatable bonds is 5. The Morgan fingerprint density at radius 2 is 1.74 bits per heavy atom. The summed E-state index contributed by atoms with van der Waals surface area (Å²) in [5.41, 5.74) is 7.38. The van der Waals surface area contributed by atoms with Crippen molar-refractivity contribution in [1.82, 2.24) is 14.0 Å². The molecular weight excluding hydrogens is 454 g/mol. The lowest BCUT2D eigenvalue weighted by atomic mass is 10.1. The van der Waals surface area contributed by atoms with Crippen LogP contribution in [0.15, 0.2) is 71.5 Å². The summed E-state index contributed by atoms with van der Waals surface area (Å²) in [6, 6.07) is 22.4. The molecule has 174 valence electrons. The molecule has 0 aliphatic rings. The molecule has 0 bridgehead atoms. The largest absolute Gasteiger partial charge is 0.491 e. The molecule has 6 aromatic rings. The lowest BCUT2D eigenvalue weighted by Gasteiger charge is -2.12. The predicted molar refractivity (Wildman–Crippen MR) is 144 cm³/mol. The van der Waals surface area contributed by atoms with E-state index >= 15 is 0 Å².